The SMILES string of the molecule is CN1CCOc2ccc(S(=O)(=O)N3CCC4(CC3)C[C@@H](NCC(O)COc3cccc(S(=O)(=O)CCO)c3)CO4)cc21. The Morgan fingerprint density at radius 2 is 1.88 bits per heavy atom. The minimum atomic E-state index is -3.65. The van der Waals surface area contributed by atoms with Crippen molar-refractivity contribution in [3.05, 3.63) is 42.5 Å². The Hall–Kier alpha value is -2.46. The topological polar surface area (TPSA) is 155 Å². The third-order valence-electron chi connectivity index (χ3n) is 8.12. The Morgan fingerprint density at radius 3 is 2.64 bits per heavy atom. The second kappa shape index (κ2) is 12.6. The molecule has 3 N–H and O–H groups in total. The van der Waals surface area contributed by atoms with Crippen molar-refractivity contribution in [3.8, 4) is 11.5 Å². The Bertz CT molecular complexity index is 1460. The molecule has 0 aromatic heterocycles. The van der Waals surface area contributed by atoms with E-state index in [2.05, 4.69) is 5.32 Å². The molecule has 0 bridgehead atoms. The molecule has 0 saturated carbocycles. The molecule has 1 spiro atoms. The van der Waals surface area contributed by atoms with Crippen molar-refractivity contribution >= 4 is 25.5 Å². The zero-order chi connectivity index (χ0) is 30.0. The number of aliphatic hydroxyl groups is 2. The first-order chi connectivity index (χ1) is 20.0. The predicted molar refractivity (Wildman–Crippen MR) is 155 cm³/mol. The fourth-order valence-corrected chi connectivity index (χ4v) is 8.17. The number of sulfonamides is 1. The van der Waals surface area contributed by atoms with Crippen LogP contribution in [0.1, 0.15) is 19.3 Å². The monoisotopic (exact) mass is 625 g/mol. The summed E-state index contributed by atoms with van der Waals surface area (Å²) in [6, 6.07) is 11.0. The van der Waals surface area contributed by atoms with Crippen molar-refractivity contribution in [1.82, 2.24) is 9.62 Å². The molecule has 232 valence electrons. The lowest BCUT2D eigenvalue weighted by molar-refractivity contribution is -0.0312. The Kier molecular flexibility index (Phi) is 9.33. The maximum absolute atomic E-state index is 13.4. The first-order valence-corrected chi connectivity index (χ1v) is 17.2. The lowest BCUT2D eigenvalue weighted by Gasteiger charge is -2.38. The van der Waals surface area contributed by atoms with E-state index in [4.69, 9.17) is 19.3 Å². The lowest BCUT2D eigenvalue weighted by atomic mass is 9.88. The van der Waals surface area contributed by atoms with Crippen molar-refractivity contribution in [3.63, 3.8) is 0 Å². The third-order valence-corrected chi connectivity index (χ3v) is 11.7. The van der Waals surface area contributed by atoms with Gasteiger partial charge in [-0.05, 0) is 55.7 Å². The molecule has 2 aromatic carbocycles. The maximum atomic E-state index is 13.4. The van der Waals surface area contributed by atoms with E-state index in [1.165, 1.54) is 16.4 Å². The minimum Gasteiger partial charge on any atom is -0.491 e. The van der Waals surface area contributed by atoms with Gasteiger partial charge in [-0.15, -0.1) is 0 Å². The van der Waals surface area contributed by atoms with Crippen molar-refractivity contribution in [1.29, 1.82) is 0 Å². The van der Waals surface area contributed by atoms with Gasteiger partial charge in [0.2, 0.25) is 10.0 Å². The number of benzene rings is 2. The van der Waals surface area contributed by atoms with E-state index >= 15 is 0 Å². The third kappa shape index (κ3) is 6.85. The summed E-state index contributed by atoms with van der Waals surface area (Å²) in [5, 5.41) is 22.7. The van der Waals surface area contributed by atoms with E-state index in [0.717, 1.165) is 5.69 Å². The largest absolute Gasteiger partial charge is 0.491 e. The molecule has 42 heavy (non-hydrogen) atoms. The van der Waals surface area contributed by atoms with Crippen LogP contribution in [-0.2, 0) is 24.6 Å². The highest BCUT2D eigenvalue weighted by Gasteiger charge is 2.45. The molecule has 3 aliphatic rings. The van der Waals surface area contributed by atoms with Crippen molar-refractivity contribution < 1.29 is 41.3 Å². The van der Waals surface area contributed by atoms with Gasteiger partial charge in [0.15, 0.2) is 9.84 Å². The molecule has 3 aliphatic heterocycles. The number of fused-ring (bicyclic) bond motifs is 1. The zero-order valence-electron chi connectivity index (χ0n) is 23.6. The smallest absolute Gasteiger partial charge is 0.243 e. The first kappa shape index (κ1) is 31.0. The van der Waals surface area contributed by atoms with Crippen LogP contribution >= 0.6 is 0 Å². The minimum absolute atomic E-state index is 0.00550. The quantitative estimate of drug-likeness (QED) is 0.322. The second-order valence-electron chi connectivity index (χ2n) is 11.1. The van der Waals surface area contributed by atoms with Gasteiger partial charge in [0, 0.05) is 32.7 Å². The van der Waals surface area contributed by atoms with E-state index in [1.54, 1.807) is 30.3 Å². The highest BCUT2D eigenvalue weighted by atomic mass is 32.2. The van der Waals surface area contributed by atoms with Gasteiger partial charge in [-0.2, -0.15) is 4.31 Å². The molecule has 1 unspecified atom stereocenters. The van der Waals surface area contributed by atoms with Gasteiger partial charge < -0.3 is 34.6 Å². The predicted octanol–water partition coefficient (Wildman–Crippen LogP) is 0.623. The molecule has 14 heteroatoms. The van der Waals surface area contributed by atoms with Crippen LogP contribution < -0.4 is 19.7 Å². The van der Waals surface area contributed by atoms with Crippen LogP contribution in [0.5, 0.6) is 11.5 Å². The van der Waals surface area contributed by atoms with Crippen LogP contribution in [0.3, 0.4) is 0 Å². The van der Waals surface area contributed by atoms with Gasteiger partial charge in [0.05, 0.1) is 46.6 Å². The number of aliphatic hydroxyl groups excluding tert-OH is 2. The van der Waals surface area contributed by atoms with Gasteiger partial charge in [-0.25, -0.2) is 16.8 Å². The van der Waals surface area contributed by atoms with Gasteiger partial charge in [0.25, 0.3) is 0 Å². The van der Waals surface area contributed by atoms with Gasteiger partial charge in [-0.3, -0.25) is 0 Å². The molecule has 2 atom stereocenters. The Balaban J connectivity index is 1.08. The molecule has 12 nitrogen and oxygen atoms in total. The van der Waals surface area contributed by atoms with E-state index in [1.807, 2.05) is 11.9 Å². The normalized spacial score (nSPS) is 21.6. The van der Waals surface area contributed by atoms with Crippen molar-refractivity contribution in [2.75, 3.05) is 70.3 Å². The molecule has 2 aromatic rings. The highest BCUT2D eigenvalue weighted by molar-refractivity contribution is 7.91. The Morgan fingerprint density at radius 1 is 1.10 bits per heavy atom. The molecular weight excluding hydrogens is 586 g/mol. The van der Waals surface area contributed by atoms with E-state index in [-0.39, 0.29) is 34.7 Å². The molecule has 3 heterocycles. The summed E-state index contributed by atoms with van der Waals surface area (Å²) in [4.78, 5) is 2.31. The van der Waals surface area contributed by atoms with Crippen LogP contribution in [0.2, 0.25) is 0 Å². The molecule has 0 aliphatic carbocycles. The second-order valence-corrected chi connectivity index (χ2v) is 15.1. The molecular formula is C28H39N3O9S2. The van der Waals surface area contributed by atoms with E-state index in [0.29, 0.717) is 63.6 Å². The standard InChI is InChI=1S/C28H39N3O9S2/c1-30-11-13-38-27-6-5-25(16-26(27)30)42(36,37)31-9-7-28(8-10-31)17-21(19-40-28)29-18-22(33)20-39-23-3-2-4-24(15-23)41(34,35)14-12-32/h2-6,15-16,21-22,29,32-33H,7-14,17-20H2,1H3/t21-,22?/m1/s1. The summed E-state index contributed by atoms with van der Waals surface area (Å²) in [6.07, 6.45) is 1.03. The summed E-state index contributed by atoms with van der Waals surface area (Å²) in [5.41, 5.74) is 0.367. The van der Waals surface area contributed by atoms with Crippen LogP contribution in [0, 0.1) is 0 Å². The number of rotatable bonds is 11. The number of anilines is 1. The number of likely N-dealkylation sites (N-methyl/N-ethyl adjacent to an activating group) is 1. The summed E-state index contributed by atoms with van der Waals surface area (Å²) in [5.74, 6) is 0.631. The summed E-state index contributed by atoms with van der Waals surface area (Å²) in [7, 11) is -5.33. The number of piperidine rings is 1. The summed E-state index contributed by atoms with van der Waals surface area (Å²) >= 11 is 0. The van der Waals surface area contributed by atoms with Crippen LogP contribution in [0.15, 0.2) is 52.3 Å². The van der Waals surface area contributed by atoms with Gasteiger partial charge in [0.1, 0.15) is 30.8 Å². The summed E-state index contributed by atoms with van der Waals surface area (Å²) in [6.45, 7) is 2.21. The van der Waals surface area contributed by atoms with Crippen LogP contribution in [-0.4, -0.2) is 115 Å². The number of hydrogen-bond acceptors (Lipinski definition) is 11. The number of nitrogens with one attached hydrogen (secondary N) is 1. The highest BCUT2D eigenvalue weighted by Crippen LogP contribution is 2.39. The van der Waals surface area contributed by atoms with Crippen molar-refractivity contribution in [2.45, 2.75) is 46.8 Å². The molecule has 0 amide bonds. The summed E-state index contributed by atoms with van der Waals surface area (Å²) < 4.78 is 70.1. The fourth-order valence-electron chi connectivity index (χ4n) is 5.65. The fraction of sp³-hybridized carbons (Fsp3) is 0.571. The molecule has 2 saturated heterocycles. The molecule has 5 rings (SSSR count). The number of nitrogens with zero attached hydrogens (tertiary/aromatic N) is 2. The van der Waals surface area contributed by atoms with Crippen LogP contribution in [0.4, 0.5) is 5.69 Å². The number of hydrogen-bond donors (Lipinski definition) is 3. The van der Waals surface area contributed by atoms with Crippen LogP contribution in [0.25, 0.3) is 0 Å². The zero-order valence-corrected chi connectivity index (χ0v) is 25.3. The molecule has 2 fully saturated rings. The van der Waals surface area contributed by atoms with Gasteiger partial charge >= 0.3 is 0 Å². The first-order valence-electron chi connectivity index (χ1n) is 14.1. The van der Waals surface area contributed by atoms with Gasteiger partial charge in [-0.1, -0.05) is 6.07 Å². The van der Waals surface area contributed by atoms with E-state index < -0.39 is 38.2 Å². The average molecular weight is 626 g/mol. The number of ether oxygens (including phenoxy) is 3. The Labute approximate surface area is 247 Å². The maximum Gasteiger partial charge on any atom is 0.243 e. The van der Waals surface area contributed by atoms with E-state index in [9.17, 15) is 21.9 Å². The lowest BCUT2D eigenvalue weighted by Crippen LogP contribution is -2.47. The number of sulfone groups is 1. The average Bonchev–Trinajstić information content (AvgIpc) is 3.37. The van der Waals surface area contributed by atoms with Crippen molar-refractivity contribution in [2.24, 2.45) is 0 Å². The molecule has 0 radical (unpaired) electrons.